The number of pyridine rings is 1. The van der Waals surface area contributed by atoms with Gasteiger partial charge in [-0.2, -0.15) is 0 Å². The van der Waals surface area contributed by atoms with E-state index in [0.717, 1.165) is 17.7 Å². The number of hydrogen-bond acceptors (Lipinski definition) is 4. The summed E-state index contributed by atoms with van der Waals surface area (Å²) in [5.41, 5.74) is 1.98. The Morgan fingerprint density at radius 2 is 2.10 bits per heavy atom. The third-order valence-electron chi connectivity index (χ3n) is 3.25. The van der Waals surface area contributed by atoms with Crippen LogP contribution in [0.4, 0.5) is 5.82 Å². The van der Waals surface area contributed by atoms with Gasteiger partial charge in [0.15, 0.2) is 0 Å². The highest BCUT2D eigenvalue weighted by Gasteiger charge is 2.14. The van der Waals surface area contributed by atoms with Crippen LogP contribution in [0.5, 0.6) is 5.75 Å². The van der Waals surface area contributed by atoms with Gasteiger partial charge in [-0.3, -0.25) is 0 Å². The average molecular weight is 286 g/mol. The van der Waals surface area contributed by atoms with Crippen molar-refractivity contribution in [3.8, 4) is 5.75 Å². The van der Waals surface area contributed by atoms with Crippen LogP contribution in [0.2, 0.25) is 0 Å². The molecule has 2 aromatic rings. The number of aromatic carboxylic acids is 1. The first-order chi connectivity index (χ1) is 10.1. The number of carbonyl (C=O) groups is 1. The zero-order valence-corrected chi connectivity index (χ0v) is 12.1. The van der Waals surface area contributed by atoms with Crippen molar-refractivity contribution in [2.45, 2.75) is 13.3 Å². The minimum absolute atomic E-state index is 0.220. The molecule has 0 aliphatic rings. The molecule has 1 aromatic heterocycles. The molecule has 0 unspecified atom stereocenters. The number of carboxylic acids is 1. The fraction of sp³-hybridized carbons (Fsp3) is 0.250. The minimum atomic E-state index is -0.972. The first kappa shape index (κ1) is 14.8. The SMILES string of the molecule is COc1ccccc1CCNc1nccc(C)c1C(=O)O. The Morgan fingerprint density at radius 1 is 1.33 bits per heavy atom. The van der Waals surface area contributed by atoms with Crippen molar-refractivity contribution >= 4 is 11.8 Å². The molecule has 0 saturated heterocycles. The first-order valence-electron chi connectivity index (χ1n) is 6.68. The number of aryl methyl sites for hydroxylation is 1. The highest BCUT2D eigenvalue weighted by molar-refractivity contribution is 5.94. The quantitative estimate of drug-likeness (QED) is 0.854. The lowest BCUT2D eigenvalue weighted by atomic mass is 10.1. The maximum absolute atomic E-state index is 11.3. The lowest BCUT2D eigenvalue weighted by molar-refractivity contribution is 0.0697. The molecule has 110 valence electrons. The van der Waals surface area contributed by atoms with Crippen LogP contribution in [0.1, 0.15) is 21.5 Å². The predicted molar refractivity (Wildman–Crippen MR) is 81.1 cm³/mol. The van der Waals surface area contributed by atoms with Gasteiger partial charge in [-0.05, 0) is 36.6 Å². The van der Waals surface area contributed by atoms with Gasteiger partial charge in [0.2, 0.25) is 0 Å². The maximum atomic E-state index is 11.3. The summed E-state index contributed by atoms with van der Waals surface area (Å²) in [6, 6.07) is 9.45. The van der Waals surface area contributed by atoms with E-state index in [1.807, 2.05) is 24.3 Å². The second-order valence-corrected chi connectivity index (χ2v) is 4.65. The van der Waals surface area contributed by atoms with Crippen molar-refractivity contribution in [2.75, 3.05) is 19.0 Å². The van der Waals surface area contributed by atoms with Crippen LogP contribution >= 0.6 is 0 Å². The molecule has 0 fully saturated rings. The molecule has 0 bridgehead atoms. The van der Waals surface area contributed by atoms with Crippen molar-refractivity contribution < 1.29 is 14.6 Å². The third kappa shape index (κ3) is 3.51. The molecule has 5 nitrogen and oxygen atoms in total. The largest absolute Gasteiger partial charge is 0.496 e. The van der Waals surface area contributed by atoms with Crippen molar-refractivity contribution in [1.82, 2.24) is 4.98 Å². The molecule has 1 aromatic carbocycles. The highest BCUT2D eigenvalue weighted by atomic mass is 16.5. The fourth-order valence-electron chi connectivity index (χ4n) is 2.19. The van der Waals surface area contributed by atoms with Gasteiger partial charge < -0.3 is 15.2 Å². The molecular weight excluding hydrogens is 268 g/mol. The number of benzene rings is 1. The van der Waals surface area contributed by atoms with E-state index >= 15 is 0 Å². The summed E-state index contributed by atoms with van der Waals surface area (Å²) in [4.78, 5) is 15.4. The molecule has 2 rings (SSSR count). The molecular formula is C16H18N2O3. The highest BCUT2D eigenvalue weighted by Crippen LogP contribution is 2.19. The molecule has 0 aliphatic carbocycles. The van der Waals surface area contributed by atoms with E-state index in [4.69, 9.17) is 4.74 Å². The van der Waals surface area contributed by atoms with Gasteiger partial charge in [0.1, 0.15) is 17.1 Å². The zero-order chi connectivity index (χ0) is 15.2. The Hall–Kier alpha value is -2.56. The Morgan fingerprint density at radius 3 is 2.81 bits per heavy atom. The molecule has 5 heteroatoms. The molecule has 0 atom stereocenters. The van der Waals surface area contributed by atoms with Crippen LogP contribution in [0.25, 0.3) is 0 Å². The number of rotatable bonds is 6. The number of para-hydroxylation sites is 1. The Bertz CT molecular complexity index is 641. The normalized spacial score (nSPS) is 10.2. The summed E-state index contributed by atoms with van der Waals surface area (Å²) in [5, 5.41) is 12.3. The van der Waals surface area contributed by atoms with E-state index in [9.17, 15) is 9.90 Å². The van der Waals surface area contributed by atoms with E-state index in [0.29, 0.717) is 17.9 Å². The summed E-state index contributed by atoms with van der Waals surface area (Å²) >= 11 is 0. The number of nitrogens with zero attached hydrogens (tertiary/aromatic N) is 1. The minimum Gasteiger partial charge on any atom is -0.496 e. The maximum Gasteiger partial charge on any atom is 0.339 e. The lowest BCUT2D eigenvalue weighted by Crippen LogP contribution is -2.12. The molecule has 21 heavy (non-hydrogen) atoms. The van der Waals surface area contributed by atoms with Crippen LogP contribution in [-0.4, -0.2) is 29.7 Å². The zero-order valence-electron chi connectivity index (χ0n) is 12.1. The van der Waals surface area contributed by atoms with Gasteiger partial charge in [-0.1, -0.05) is 18.2 Å². The van der Waals surface area contributed by atoms with Crippen LogP contribution in [0.3, 0.4) is 0 Å². The van der Waals surface area contributed by atoms with Crippen LogP contribution in [-0.2, 0) is 6.42 Å². The smallest absolute Gasteiger partial charge is 0.339 e. The fourth-order valence-corrected chi connectivity index (χ4v) is 2.19. The standard InChI is InChI=1S/C16H18N2O3/c1-11-7-9-17-15(14(11)16(19)20)18-10-8-12-5-3-4-6-13(12)21-2/h3-7,9H,8,10H2,1-2H3,(H,17,18)(H,19,20). The molecule has 0 spiro atoms. The predicted octanol–water partition coefficient (Wildman–Crippen LogP) is 2.75. The molecule has 0 amide bonds. The second-order valence-electron chi connectivity index (χ2n) is 4.65. The van der Waals surface area contributed by atoms with Crippen LogP contribution in [0, 0.1) is 6.92 Å². The summed E-state index contributed by atoms with van der Waals surface area (Å²) in [6.07, 6.45) is 2.33. The van der Waals surface area contributed by atoms with E-state index in [1.165, 1.54) is 0 Å². The number of anilines is 1. The van der Waals surface area contributed by atoms with Crippen LogP contribution in [0.15, 0.2) is 36.5 Å². The van der Waals surface area contributed by atoms with Gasteiger partial charge in [-0.25, -0.2) is 9.78 Å². The Kier molecular flexibility index (Phi) is 4.77. The number of hydrogen-bond donors (Lipinski definition) is 2. The Balaban J connectivity index is 2.07. The summed E-state index contributed by atoms with van der Waals surface area (Å²) in [7, 11) is 1.64. The number of carboxylic acid groups (broad SMARTS) is 1. The van der Waals surface area contributed by atoms with E-state index in [-0.39, 0.29) is 5.56 Å². The van der Waals surface area contributed by atoms with Crippen molar-refractivity contribution in [3.63, 3.8) is 0 Å². The lowest BCUT2D eigenvalue weighted by Gasteiger charge is -2.11. The monoisotopic (exact) mass is 286 g/mol. The van der Waals surface area contributed by atoms with E-state index in [2.05, 4.69) is 10.3 Å². The number of ether oxygens (including phenoxy) is 1. The van der Waals surface area contributed by atoms with Gasteiger partial charge in [0.25, 0.3) is 0 Å². The number of aromatic nitrogens is 1. The third-order valence-corrected chi connectivity index (χ3v) is 3.25. The van der Waals surface area contributed by atoms with Crippen molar-refractivity contribution in [2.24, 2.45) is 0 Å². The van der Waals surface area contributed by atoms with Gasteiger partial charge >= 0.3 is 5.97 Å². The van der Waals surface area contributed by atoms with Crippen molar-refractivity contribution in [1.29, 1.82) is 0 Å². The Labute approximate surface area is 123 Å². The van der Waals surface area contributed by atoms with Gasteiger partial charge in [0.05, 0.1) is 7.11 Å². The van der Waals surface area contributed by atoms with Crippen LogP contribution < -0.4 is 10.1 Å². The van der Waals surface area contributed by atoms with Gasteiger partial charge in [-0.15, -0.1) is 0 Å². The topological polar surface area (TPSA) is 71.5 Å². The molecule has 2 N–H and O–H groups in total. The number of nitrogens with one attached hydrogen (secondary N) is 1. The summed E-state index contributed by atoms with van der Waals surface area (Å²) in [5.74, 6) is 0.257. The first-order valence-corrected chi connectivity index (χ1v) is 6.68. The number of methoxy groups -OCH3 is 1. The molecule has 0 saturated carbocycles. The second kappa shape index (κ2) is 6.74. The summed E-state index contributed by atoms with van der Waals surface area (Å²) < 4.78 is 5.29. The molecule has 0 aliphatic heterocycles. The molecule has 0 radical (unpaired) electrons. The van der Waals surface area contributed by atoms with E-state index < -0.39 is 5.97 Å². The van der Waals surface area contributed by atoms with Gasteiger partial charge in [0, 0.05) is 12.7 Å². The molecule has 1 heterocycles. The average Bonchev–Trinajstić information content (AvgIpc) is 2.47. The van der Waals surface area contributed by atoms with Crippen molar-refractivity contribution in [3.05, 3.63) is 53.2 Å². The summed E-state index contributed by atoms with van der Waals surface area (Å²) in [6.45, 7) is 2.34. The van der Waals surface area contributed by atoms with E-state index in [1.54, 1.807) is 26.3 Å².